The Morgan fingerprint density at radius 1 is 1.39 bits per heavy atom. The third kappa shape index (κ3) is 2.68. The lowest BCUT2D eigenvalue weighted by molar-refractivity contribution is 0.182. The van der Waals surface area contributed by atoms with Crippen molar-refractivity contribution in [2.45, 2.75) is 38.3 Å². The fourth-order valence-corrected chi connectivity index (χ4v) is 2.61. The van der Waals surface area contributed by atoms with Crippen LogP contribution < -0.4 is 10.1 Å². The monoisotopic (exact) mass is 249 g/mol. The first-order valence-corrected chi connectivity index (χ1v) is 6.75. The molecular weight excluding hydrogens is 226 g/mol. The number of hydrogen-bond donors (Lipinski definition) is 1. The van der Waals surface area contributed by atoms with Gasteiger partial charge in [0.2, 0.25) is 0 Å². The van der Waals surface area contributed by atoms with E-state index in [4.69, 9.17) is 9.47 Å². The minimum atomic E-state index is 0.271. The average molecular weight is 249 g/mol. The Morgan fingerprint density at radius 3 is 2.89 bits per heavy atom. The Bertz CT molecular complexity index is 392. The van der Waals surface area contributed by atoms with Crippen LogP contribution in [0.1, 0.15) is 36.9 Å². The molecule has 0 saturated heterocycles. The van der Waals surface area contributed by atoms with E-state index in [-0.39, 0.29) is 6.10 Å². The molecule has 0 aromatic heterocycles. The van der Waals surface area contributed by atoms with Gasteiger partial charge in [-0.2, -0.15) is 0 Å². The summed E-state index contributed by atoms with van der Waals surface area (Å²) in [5, 5.41) is 3.38. The number of fused-ring (bicyclic) bond motifs is 1. The standard InChI is InChI=1S/C15H23NO2/c1-4-5-14-15(16-2)12-10-11(8-9-17-3)6-7-13(12)18-14/h6-7,10,14-16H,4-5,8-9H2,1-3H3. The van der Waals surface area contributed by atoms with Crippen LogP contribution >= 0.6 is 0 Å². The van der Waals surface area contributed by atoms with Gasteiger partial charge in [-0.15, -0.1) is 0 Å². The largest absolute Gasteiger partial charge is 0.488 e. The summed E-state index contributed by atoms with van der Waals surface area (Å²) in [5.41, 5.74) is 2.61. The molecule has 100 valence electrons. The van der Waals surface area contributed by atoms with Gasteiger partial charge >= 0.3 is 0 Å². The number of likely N-dealkylation sites (N-methyl/N-ethyl adjacent to an activating group) is 1. The summed E-state index contributed by atoms with van der Waals surface area (Å²) in [6.07, 6.45) is 3.47. The highest BCUT2D eigenvalue weighted by atomic mass is 16.5. The van der Waals surface area contributed by atoms with E-state index in [0.29, 0.717) is 6.04 Å². The van der Waals surface area contributed by atoms with Gasteiger partial charge in [0.05, 0.1) is 12.6 Å². The molecule has 18 heavy (non-hydrogen) atoms. The van der Waals surface area contributed by atoms with Gasteiger partial charge < -0.3 is 14.8 Å². The highest BCUT2D eigenvalue weighted by molar-refractivity contribution is 5.43. The first-order chi connectivity index (χ1) is 8.80. The second-order valence-electron chi connectivity index (χ2n) is 4.83. The van der Waals surface area contributed by atoms with E-state index in [2.05, 4.69) is 30.4 Å². The fraction of sp³-hybridized carbons (Fsp3) is 0.600. The van der Waals surface area contributed by atoms with Crippen molar-refractivity contribution >= 4 is 0 Å². The van der Waals surface area contributed by atoms with Crippen molar-refractivity contribution in [1.82, 2.24) is 5.32 Å². The van der Waals surface area contributed by atoms with Gasteiger partial charge in [0.15, 0.2) is 0 Å². The zero-order chi connectivity index (χ0) is 13.0. The lowest BCUT2D eigenvalue weighted by atomic mass is 9.98. The van der Waals surface area contributed by atoms with E-state index < -0.39 is 0 Å². The molecule has 0 saturated carbocycles. The minimum Gasteiger partial charge on any atom is -0.488 e. The topological polar surface area (TPSA) is 30.5 Å². The number of nitrogens with one attached hydrogen (secondary N) is 1. The lowest BCUT2D eigenvalue weighted by Crippen LogP contribution is -2.28. The third-order valence-corrected chi connectivity index (χ3v) is 3.54. The molecule has 1 aliphatic rings. The minimum absolute atomic E-state index is 0.271. The molecule has 1 aromatic carbocycles. The van der Waals surface area contributed by atoms with Crippen molar-refractivity contribution in [3.8, 4) is 5.75 Å². The number of rotatable bonds is 6. The quantitative estimate of drug-likeness (QED) is 0.841. The lowest BCUT2D eigenvalue weighted by Gasteiger charge is -2.17. The van der Waals surface area contributed by atoms with Gasteiger partial charge in [-0.3, -0.25) is 0 Å². The molecule has 1 aromatic rings. The van der Waals surface area contributed by atoms with Crippen molar-refractivity contribution in [2.75, 3.05) is 20.8 Å². The van der Waals surface area contributed by atoms with Crippen molar-refractivity contribution in [2.24, 2.45) is 0 Å². The molecule has 0 amide bonds. The summed E-state index contributed by atoms with van der Waals surface area (Å²) in [6.45, 7) is 2.96. The van der Waals surface area contributed by atoms with E-state index in [1.54, 1.807) is 7.11 Å². The Kier molecular flexibility index (Phi) is 4.61. The Morgan fingerprint density at radius 2 is 2.22 bits per heavy atom. The van der Waals surface area contributed by atoms with Gasteiger partial charge in [-0.05, 0) is 31.5 Å². The zero-order valence-corrected chi connectivity index (χ0v) is 11.5. The van der Waals surface area contributed by atoms with Crippen LogP contribution in [-0.2, 0) is 11.2 Å². The van der Waals surface area contributed by atoms with E-state index in [9.17, 15) is 0 Å². The van der Waals surface area contributed by atoms with Crippen LogP contribution in [0.15, 0.2) is 18.2 Å². The summed E-state index contributed by atoms with van der Waals surface area (Å²) >= 11 is 0. The Balaban J connectivity index is 2.17. The molecule has 1 N–H and O–H groups in total. The number of hydrogen-bond acceptors (Lipinski definition) is 3. The van der Waals surface area contributed by atoms with E-state index >= 15 is 0 Å². The summed E-state index contributed by atoms with van der Waals surface area (Å²) in [7, 11) is 3.75. The van der Waals surface area contributed by atoms with E-state index in [1.165, 1.54) is 11.1 Å². The Labute approximate surface area is 109 Å². The maximum absolute atomic E-state index is 6.02. The van der Waals surface area contributed by atoms with E-state index in [0.717, 1.165) is 31.6 Å². The molecule has 0 radical (unpaired) electrons. The second-order valence-corrected chi connectivity index (χ2v) is 4.83. The first-order valence-electron chi connectivity index (χ1n) is 6.75. The summed E-state index contributed by atoms with van der Waals surface area (Å²) in [4.78, 5) is 0. The van der Waals surface area contributed by atoms with Crippen LogP contribution in [0.4, 0.5) is 0 Å². The Hall–Kier alpha value is -1.06. The molecule has 0 bridgehead atoms. The van der Waals surface area contributed by atoms with Crippen molar-refractivity contribution in [3.63, 3.8) is 0 Å². The normalized spacial score (nSPS) is 21.7. The first kappa shape index (κ1) is 13.4. The SMILES string of the molecule is CCCC1Oc2ccc(CCOC)cc2C1NC. The molecule has 1 heterocycles. The summed E-state index contributed by atoms with van der Waals surface area (Å²) in [6, 6.07) is 6.81. The maximum Gasteiger partial charge on any atom is 0.124 e. The molecule has 0 aliphatic carbocycles. The summed E-state index contributed by atoms with van der Waals surface area (Å²) < 4.78 is 11.1. The van der Waals surface area contributed by atoms with Crippen molar-refractivity contribution in [1.29, 1.82) is 0 Å². The predicted octanol–water partition coefficient (Wildman–Crippen LogP) is 2.70. The highest BCUT2D eigenvalue weighted by Gasteiger charge is 2.32. The van der Waals surface area contributed by atoms with Crippen molar-refractivity contribution < 1.29 is 9.47 Å². The molecule has 3 nitrogen and oxygen atoms in total. The average Bonchev–Trinajstić information content (AvgIpc) is 2.73. The van der Waals surface area contributed by atoms with Crippen LogP contribution in [0.5, 0.6) is 5.75 Å². The predicted molar refractivity (Wildman–Crippen MR) is 73.1 cm³/mol. The fourth-order valence-electron chi connectivity index (χ4n) is 2.61. The van der Waals surface area contributed by atoms with Gasteiger partial charge in [0, 0.05) is 12.7 Å². The molecule has 3 heteroatoms. The van der Waals surface area contributed by atoms with Crippen LogP contribution in [0.3, 0.4) is 0 Å². The molecule has 1 aliphatic heterocycles. The van der Waals surface area contributed by atoms with E-state index in [1.807, 2.05) is 7.05 Å². The zero-order valence-electron chi connectivity index (χ0n) is 11.5. The van der Waals surface area contributed by atoms with Crippen LogP contribution in [-0.4, -0.2) is 26.9 Å². The molecule has 2 atom stereocenters. The molecule has 2 unspecified atom stereocenters. The highest BCUT2D eigenvalue weighted by Crippen LogP contribution is 2.38. The molecule has 0 spiro atoms. The van der Waals surface area contributed by atoms with Gasteiger partial charge in [-0.1, -0.05) is 25.5 Å². The van der Waals surface area contributed by atoms with Gasteiger partial charge in [-0.25, -0.2) is 0 Å². The van der Waals surface area contributed by atoms with Crippen molar-refractivity contribution in [3.05, 3.63) is 29.3 Å². The maximum atomic E-state index is 6.02. The molecule has 2 rings (SSSR count). The third-order valence-electron chi connectivity index (χ3n) is 3.54. The van der Waals surface area contributed by atoms with Crippen LogP contribution in [0.25, 0.3) is 0 Å². The van der Waals surface area contributed by atoms with Gasteiger partial charge in [0.25, 0.3) is 0 Å². The smallest absolute Gasteiger partial charge is 0.124 e. The molecule has 0 fully saturated rings. The van der Waals surface area contributed by atoms with Gasteiger partial charge in [0.1, 0.15) is 11.9 Å². The summed E-state index contributed by atoms with van der Waals surface area (Å²) in [5.74, 6) is 1.04. The number of methoxy groups -OCH3 is 1. The number of ether oxygens (including phenoxy) is 2. The van der Waals surface area contributed by atoms with Crippen LogP contribution in [0.2, 0.25) is 0 Å². The number of benzene rings is 1. The van der Waals surface area contributed by atoms with Crippen LogP contribution in [0, 0.1) is 0 Å². The second kappa shape index (κ2) is 6.21. The molecular formula is C15H23NO2.